The molecule has 29 heavy (non-hydrogen) atoms. The van der Waals surface area contributed by atoms with E-state index in [0.29, 0.717) is 30.4 Å². The molecular formula is C22H30O7. The zero-order valence-electron chi connectivity index (χ0n) is 17.0. The van der Waals surface area contributed by atoms with Gasteiger partial charge in [-0.1, -0.05) is 19.1 Å². The van der Waals surface area contributed by atoms with Crippen LogP contribution in [0.2, 0.25) is 0 Å². The van der Waals surface area contributed by atoms with Crippen LogP contribution in [0.4, 0.5) is 4.79 Å². The molecule has 0 bridgehead atoms. The molecule has 0 amide bonds. The van der Waals surface area contributed by atoms with E-state index in [0.717, 1.165) is 36.8 Å². The third-order valence-corrected chi connectivity index (χ3v) is 6.39. The summed E-state index contributed by atoms with van der Waals surface area (Å²) in [5, 5.41) is 19.0. The van der Waals surface area contributed by atoms with Crippen LogP contribution in [-0.2, 0) is 27.1 Å². The molecule has 5 atom stereocenters. The van der Waals surface area contributed by atoms with Gasteiger partial charge in [0, 0.05) is 0 Å². The summed E-state index contributed by atoms with van der Waals surface area (Å²) in [4.78, 5) is 22.7. The molecule has 0 spiro atoms. The molecule has 160 valence electrons. The standard InChI is InChI=1S/C22H30O7/c1-3-15(23)7-8-16-17-9-13-5-4-6-19(28-12-21(24)25)18(13)10-14(17)11-20(16)29-22(26)27-2/h4-6,14-17,20,23H,3,7-12H2,1-2H3,(H,24,25)/t14-,15-,16+,17-,20+/m0/s1. The molecular weight excluding hydrogens is 376 g/mol. The zero-order valence-corrected chi connectivity index (χ0v) is 17.0. The van der Waals surface area contributed by atoms with Gasteiger partial charge in [-0.3, -0.25) is 0 Å². The number of rotatable bonds is 8. The first-order valence-corrected chi connectivity index (χ1v) is 10.3. The van der Waals surface area contributed by atoms with Gasteiger partial charge in [0.05, 0.1) is 13.2 Å². The van der Waals surface area contributed by atoms with Crippen molar-refractivity contribution < 1.29 is 34.0 Å². The lowest BCUT2D eigenvalue weighted by Gasteiger charge is -2.32. The van der Waals surface area contributed by atoms with Crippen molar-refractivity contribution >= 4 is 12.1 Å². The van der Waals surface area contributed by atoms with Gasteiger partial charge in [-0.05, 0) is 73.5 Å². The van der Waals surface area contributed by atoms with Crippen LogP contribution in [-0.4, -0.2) is 48.3 Å². The Balaban J connectivity index is 1.79. The Labute approximate surface area is 171 Å². The average Bonchev–Trinajstić information content (AvgIpc) is 3.04. The number of ether oxygens (including phenoxy) is 3. The van der Waals surface area contributed by atoms with E-state index in [9.17, 15) is 14.7 Å². The maximum absolute atomic E-state index is 11.8. The van der Waals surface area contributed by atoms with Gasteiger partial charge in [0.25, 0.3) is 0 Å². The largest absolute Gasteiger partial charge is 0.508 e. The minimum Gasteiger partial charge on any atom is -0.482 e. The quantitative estimate of drug-likeness (QED) is 0.639. The molecule has 2 aliphatic carbocycles. The second-order valence-corrected chi connectivity index (χ2v) is 8.06. The van der Waals surface area contributed by atoms with Crippen LogP contribution in [0.1, 0.15) is 43.7 Å². The molecule has 2 aliphatic rings. The van der Waals surface area contributed by atoms with Gasteiger partial charge in [0.1, 0.15) is 11.9 Å². The number of fused-ring (bicyclic) bond motifs is 2. The molecule has 0 aliphatic heterocycles. The molecule has 1 aromatic carbocycles. The topological polar surface area (TPSA) is 102 Å². The fraction of sp³-hybridized carbons (Fsp3) is 0.636. The van der Waals surface area contributed by atoms with Crippen LogP contribution >= 0.6 is 0 Å². The minimum atomic E-state index is -1.00. The zero-order chi connectivity index (χ0) is 21.0. The third kappa shape index (κ3) is 5.01. The number of carbonyl (C=O) groups is 2. The molecule has 0 radical (unpaired) electrons. The Morgan fingerprint density at radius 2 is 2.07 bits per heavy atom. The number of carboxylic acids is 1. The number of aliphatic hydroxyl groups is 1. The van der Waals surface area contributed by atoms with Crippen molar-refractivity contribution in [2.75, 3.05) is 13.7 Å². The second kappa shape index (κ2) is 9.48. The molecule has 2 N–H and O–H groups in total. The van der Waals surface area contributed by atoms with Crippen molar-refractivity contribution in [2.24, 2.45) is 17.8 Å². The summed E-state index contributed by atoms with van der Waals surface area (Å²) < 4.78 is 15.8. The van der Waals surface area contributed by atoms with Crippen molar-refractivity contribution in [1.82, 2.24) is 0 Å². The number of aliphatic hydroxyl groups excluding tert-OH is 1. The van der Waals surface area contributed by atoms with Crippen LogP contribution in [0.15, 0.2) is 18.2 Å². The fourth-order valence-corrected chi connectivity index (χ4v) is 4.95. The van der Waals surface area contributed by atoms with Crippen molar-refractivity contribution in [3.05, 3.63) is 29.3 Å². The predicted molar refractivity (Wildman–Crippen MR) is 105 cm³/mol. The molecule has 1 aromatic rings. The predicted octanol–water partition coefficient (Wildman–Crippen LogP) is 3.20. The lowest BCUT2D eigenvalue weighted by molar-refractivity contribution is -0.139. The molecule has 7 nitrogen and oxygen atoms in total. The highest BCUT2D eigenvalue weighted by atomic mass is 16.7. The number of carboxylic acid groups (broad SMARTS) is 1. The third-order valence-electron chi connectivity index (χ3n) is 6.39. The molecule has 1 saturated carbocycles. The number of methoxy groups -OCH3 is 1. The second-order valence-electron chi connectivity index (χ2n) is 8.06. The van der Waals surface area contributed by atoms with E-state index in [1.807, 2.05) is 19.1 Å². The first-order valence-electron chi connectivity index (χ1n) is 10.3. The highest BCUT2D eigenvalue weighted by molar-refractivity contribution is 5.68. The van der Waals surface area contributed by atoms with Crippen LogP contribution in [0.25, 0.3) is 0 Å². The molecule has 3 rings (SSSR count). The normalized spacial score (nSPS) is 26.2. The lowest BCUT2D eigenvalue weighted by Crippen LogP contribution is -2.29. The maximum atomic E-state index is 11.8. The minimum absolute atomic E-state index is 0.164. The fourth-order valence-electron chi connectivity index (χ4n) is 4.95. The van der Waals surface area contributed by atoms with Crippen LogP contribution in [0, 0.1) is 17.8 Å². The van der Waals surface area contributed by atoms with Gasteiger partial charge >= 0.3 is 12.1 Å². The lowest BCUT2D eigenvalue weighted by atomic mass is 9.73. The summed E-state index contributed by atoms with van der Waals surface area (Å²) in [5.41, 5.74) is 2.22. The summed E-state index contributed by atoms with van der Waals surface area (Å²) in [6.45, 7) is 1.59. The van der Waals surface area contributed by atoms with Crippen molar-refractivity contribution in [1.29, 1.82) is 0 Å². The highest BCUT2D eigenvalue weighted by Gasteiger charge is 2.47. The number of benzene rings is 1. The summed E-state index contributed by atoms with van der Waals surface area (Å²) in [6, 6.07) is 5.77. The molecule has 0 aromatic heterocycles. The van der Waals surface area contributed by atoms with Gasteiger partial charge in [-0.25, -0.2) is 9.59 Å². The Hall–Kier alpha value is -2.28. The Kier molecular flexibility index (Phi) is 7.00. The van der Waals surface area contributed by atoms with E-state index < -0.39 is 12.1 Å². The van der Waals surface area contributed by atoms with Gasteiger partial charge in [-0.15, -0.1) is 0 Å². The molecule has 0 heterocycles. The van der Waals surface area contributed by atoms with E-state index >= 15 is 0 Å². The van der Waals surface area contributed by atoms with Crippen LogP contribution in [0.3, 0.4) is 0 Å². The number of aliphatic carboxylic acids is 1. The first kappa shape index (κ1) is 21.4. The molecule has 0 saturated heterocycles. The van der Waals surface area contributed by atoms with Crippen molar-refractivity contribution in [3.8, 4) is 5.75 Å². The summed E-state index contributed by atoms with van der Waals surface area (Å²) in [5.74, 6) is 0.445. The van der Waals surface area contributed by atoms with Crippen molar-refractivity contribution in [2.45, 2.75) is 57.7 Å². The van der Waals surface area contributed by atoms with Gasteiger partial charge < -0.3 is 24.4 Å². The average molecular weight is 406 g/mol. The Bertz CT molecular complexity index is 732. The Morgan fingerprint density at radius 3 is 2.76 bits per heavy atom. The first-order chi connectivity index (χ1) is 13.9. The maximum Gasteiger partial charge on any atom is 0.508 e. The van der Waals surface area contributed by atoms with Crippen LogP contribution in [0.5, 0.6) is 5.75 Å². The van der Waals surface area contributed by atoms with E-state index in [2.05, 4.69) is 6.07 Å². The summed E-state index contributed by atoms with van der Waals surface area (Å²) in [7, 11) is 1.31. The smallest absolute Gasteiger partial charge is 0.482 e. The molecule has 7 heteroatoms. The number of hydrogen-bond acceptors (Lipinski definition) is 6. The molecule has 0 unspecified atom stereocenters. The summed E-state index contributed by atoms with van der Waals surface area (Å²) >= 11 is 0. The van der Waals surface area contributed by atoms with E-state index in [4.69, 9.17) is 19.3 Å². The van der Waals surface area contributed by atoms with E-state index in [-0.39, 0.29) is 24.7 Å². The van der Waals surface area contributed by atoms with Crippen LogP contribution < -0.4 is 4.74 Å². The monoisotopic (exact) mass is 406 g/mol. The van der Waals surface area contributed by atoms with Gasteiger partial charge in [0.2, 0.25) is 0 Å². The van der Waals surface area contributed by atoms with Gasteiger partial charge in [0.15, 0.2) is 6.61 Å². The highest BCUT2D eigenvalue weighted by Crippen LogP contribution is 2.49. The van der Waals surface area contributed by atoms with E-state index in [1.54, 1.807) is 0 Å². The SMILES string of the molecule is CC[C@H](O)CC[C@@H]1[C@H]2Cc3cccc(OCC(=O)O)c3C[C@H]2C[C@H]1OC(=O)OC. The number of carbonyl (C=O) groups excluding carboxylic acids is 1. The number of hydrogen-bond donors (Lipinski definition) is 2. The molecule has 1 fully saturated rings. The van der Waals surface area contributed by atoms with E-state index in [1.165, 1.54) is 7.11 Å². The van der Waals surface area contributed by atoms with Gasteiger partial charge in [-0.2, -0.15) is 0 Å². The summed E-state index contributed by atoms with van der Waals surface area (Å²) in [6.07, 6.45) is 3.26. The van der Waals surface area contributed by atoms with Crippen molar-refractivity contribution in [3.63, 3.8) is 0 Å². The Morgan fingerprint density at radius 1 is 1.28 bits per heavy atom.